The fourth-order valence-corrected chi connectivity index (χ4v) is 2.84. The van der Waals surface area contributed by atoms with Gasteiger partial charge in [0.25, 0.3) is 0 Å². The van der Waals surface area contributed by atoms with Crippen molar-refractivity contribution in [2.75, 3.05) is 13.7 Å². The molecule has 0 aromatic carbocycles. The van der Waals surface area contributed by atoms with Crippen molar-refractivity contribution in [1.29, 1.82) is 0 Å². The van der Waals surface area contributed by atoms with Crippen LogP contribution in [0.1, 0.15) is 45.4 Å². The molecule has 0 amide bonds. The van der Waals surface area contributed by atoms with Crippen molar-refractivity contribution in [3.63, 3.8) is 0 Å². The fraction of sp³-hybridized carbons (Fsp3) is 1.00. The van der Waals surface area contributed by atoms with E-state index in [1.807, 2.05) is 7.11 Å². The van der Waals surface area contributed by atoms with E-state index in [9.17, 15) is 0 Å². The summed E-state index contributed by atoms with van der Waals surface area (Å²) in [4.78, 5) is 0. The van der Waals surface area contributed by atoms with E-state index >= 15 is 0 Å². The predicted molar refractivity (Wildman–Crippen MR) is 64.6 cm³/mol. The minimum atomic E-state index is 0.434. The van der Waals surface area contributed by atoms with Gasteiger partial charge >= 0.3 is 0 Å². The Kier molecular flexibility index (Phi) is 4.62. The van der Waals surface area contributed by atoms with Crippen LogP contribution in [-0.4, -0.2) is 38.0 Å². The maximum absolute atomic E-state index is 6.12. The van der Waals surface area contributed by atoms with Gasteiger partial charge in [-0.25, -0.2) is 0 Å². The highest BCUT2D eigenvalue weighted by atomic mass is 16.5. The van der Waals surface area contributed by atoms with Gasteiger partial charge in [0.2, 0.25) is 0 Å². The van der Waals surface area contributed by atoms with E-state index < -0.39 is 0 Å². The molecule has 0 aromatic heterocycles. The zero-order chi connectivity index (χ0) is 11.4. The van der Waals surface area contributed by atoms with Crippen LogP contribution in [0.2, 0.25) is 0 Å². The Morgan fingerprint density at radius 2 is 1.81 bits per heavy atom. The molecule has 2 saturated carbocycles. The van der Waals surface area contributed by atoms with Crippen LogP contribution < -0.4 is 5.32 Å². The van der Waals surface area contributed by atoms with Crippen LogP contribution in [0, 0.1) is 0 Å². The summed E-state index contributed by atoms with van der Waals surface area (Å²) in [6.07, 6.45) is 8.57. The summed E-state index contributed by atoms with van der Waals surface area (Å²) in [6.45, 7) is 3.24. The van der Waals surface area contributed by atoms with Crippen molar-refractivity contribution < 1.29 is 9.47 Å². The Labute approximate surface area is 98.9 Å². The number of methoxy groups -OCH3 is 1. The van der Waals surface area contributed by atoms with E-state index in [-0.39, 0.29) is 0 Å². The Hall–Kier alpha value is -0.120. The highest BCUT2D eigenvalue weighted by molar-refractivity contribution is 4.87. The van der Waals surface area contributed by atoms with E-state index in [4.69, 9.17) is 9.47 Å². The van der Waals surface area contributed by atoms with E-state index in [0.29, 0.717) is 24.4 Å². The molecular weight excluding hydrogens is 202 g/mol. The number of nitrogens with one attached hydrogen (secondary N) is 1. The lowest BCUT2D eigenvalue weighted by molar-refractivity contribution is -0.0977. The van der Waals surface area contributed by atoms with Crippen LogP contribution in [0.5, 0.6) is 0 Å². The van der Waals surface area contributed by atoms with Crippen LogP contribution >= 0.6 is 0 Å². The van der Waals surface area contributed by atoms with Crippen molar-refractivity contribution in [2.24, 2.45) is 0 Å². The van der Waals surface area contributed by atoms with Crippen LogP contribution in [0.25, 0.3) is 0 Å². The summed E-state index contributed by atoms with van der Waals surface area (Å²) in [5.74, 6) is 0. The van der Waals surface area contributed by atoms with Gasteiger partial charge in [-0.1, -0.05) is 6.92 Å². The van der Waals surface area contributed by atoms with E-state index in [0.717, 1.165) is 13.0 Å². The number of rotatable bonds is 5. The third kappa shape index (κ3) is 3.19. The topological polar surface area (TPSA) is 30.5 Å². The maximum Gasteiger partial charge on any atom is 0.0608 e. The number of hydrogen-bond donors (Lipinski definition) is 1. The normalized spacial score (nSPS) is 39.4. The van der Waals surface area contributed by atoms with Gasteiger partial charge in [-0.3, -0.25) is 0 Å². The summed E-state index contributed by atoms with van der Waals surface area (Å²) in [7, 11) is 1.82. The lowest BCUT2D eigenvalue weighted by atomic mass is 9.88. The van der Waals surface area contributed by atoms with Gasteiger partial charge in [-0.2, -0.15) is 0 Å². The molecule has 0 bridgehead atoms. The fourth-order valence-electron chi connectivity index (χ4n) is 2.84. The number of ether oxygens (including phenoxy) is 2. The highest BCUT2D eigenvalue weighted by Crippen LogP contribution is 2.30. The third-order valence-electron chi connectivity index (χ3n) is 3.88. The van der Waals surface area contributed by atoms with Crippen molar-refractivity contribution in [3.8, 4) is 0 Å². The maximum atomic E-state index is 6.12. The first-order valence-electron chi connectivity index (χ1n) is 6.73. The molecule has 3 nitrogen and oxygen atoms in total. The monoisotopic (exact) mass is 227 g/mol. The molecule has 0 heterocycles. The first kappa shape index (κ1) is 12.3. The van der Waals surface area contributed by atoms with Gasteiger partial charge in [0, 0.05) is 13.2 Å². The van der Waals surface area contributed by atoms with Crippen LogP contribution in [0.3, 0.4) is 0 Å². The molecule has 0 aromatic rings. The molecule has 2 atom stereocenters. The van der Waals surface area contributed by atoms with Gasteiger partial charge in [0.05, 0.1) is 18.3 Å². The molecule has 2 aliphatic rings. The summed E-state index contributed by atoms with van der Waals surface area (Å²) in [5.41, 5.74) is 0. The van der Waals surface area contributed by atoms with Crippen molar-refractivity contribution in [1.82, 2.24) is 5.32 Å². The summed E-state index contributed by atoms with van der Waals surface area (Å²) >= 11 is 0. The van der Waals surface area contributed by atoms with Crippen LogP contribution in [0.15, 0.2) is 0 Å². The summed E-state index contributed by atoms with van der Waals surface area (Å²) in [6, 6.07) is 0.705. The average Bonchev–Trinajstić information content (AvgIpc) is 2.27. The molecule has 0 radical (unpaired) electrons. The molecule has 3 heteroatoms. The molecule has 16 heavy (non-hydrogen) atoms. The second-order valence-electron chi connectivity index (χ2n) is 5.13. The first-order chi connectivity index (χ1) is 7.81. The summed E-state index contributed by atoms with van der Waals surface area (Å²) in [5, 5.41) is 3.46. The zero-order valence-corrected chi connectivity index (χ0v) is 10.6. The zero-order valence-electron chi connectivity index (χ0n) is 10.6. The molecule has 0 aliphatic heterocycles. The third-order valence-corrected chi connectivity index (χ3v) is 3.88. The number of hydrogen-bond acceptors (Lipinski definition) is 3. The second-order valence-corrected chi connectivity index (χ2v) is 5.13. The van der Waals surface area contributed by atoms with Crippen LogP contribution in [-0.2, 0) is 9.47 Å². The molecule has 0 spiro atoms. The lowest BCUT2D eigenvalue weighted by Crippen LogP contribution is -2.47. The largest absolute Gasteiger partial charge is 0.381 e. The van der Waals surface area contributed by atoms with Crippen molar-refractivity contribution >= 4 is 0 Å². The molecule has 0 saturated heterocycles. The van der Waals surface area contributed by atoms with Crippen molar-refractivity contribution in [2.45, 2.75) is 69.8 Å². The Balaban J connectivity index is 1.63. The van der Waals surface area contributed by atoms with Gasteiger partial charge in [-0.15, -0.1) is 0 Å². The molecule has 94 valence electrons. The molecule has 2 unspecified atom stereocenters. The SMILES string of the molecule is CCNC1CC(OC2CCCC(OC)C2)C1. The van der Waals surface area contributed by atoms with Gasteiger partial charge in [-0.05, 0) is 45.1 Å². The van der Waals surface area contributed by atoms with Crippen LogP contribution in [0.4, 0.5) is 0 Å². The van der Waals surface area contributed by atoms with Gasteiger partial charge < -0.3 is 14.8 Å². The van der Waals surface area contributed by atoms with E-state index in [2.05, 4.69) is 12.2 Å². The van der Waals surface area contributed by atoms with Crippen molar-refractivity contribution in [3.05, 3.63) is 0 Å². The van der Waals surface area contributed by atoms with Gasteiger partial charge in [0.15, 0.2) is 0 Å². The first-order valence-corrected chi connectivity index (χ1v) is 6.73. The molecule has 2 aliphatic carbocycles. The van der Waals surface area contributed by atoms with Gasteiger partial charge in [0.1, 0.15) is 0 Å². The molecule has 2 fully saturated rings. The molecule has 2 rings (SSSR count). The smallest absolute Gasteiger partial charge is 0.0608 e. The standard InChI is InChI=1S/C13H25NO2/c1-3-14-10-7-13(8-10)16-12-6-4-5-11(9-12)15-2/h10-14H,3-9H2,1-2H3. The average molecular weight is 227 g/mol. The lowest BCUT2D eigenvalue weighted by Gasteiger charge is -2.39. The predicted octanol–water partition coefficient (Wildman–Crippen LogP) is 2.10. The second kappa shape index (κ2) is 5.99. The summed E-state index contributed by atoms with van der Waals surface area (Å²) < 4.78 is 11.5. The van der Waals surface area contributed by atoms with E-state index in [1.165, 1.54) is 32.1 Å². The Bertz CT molecular complexity index is 204. The minimum Gasteiger partial charge on any atom is -0.381 e. The Morgan fingerprint density at radius 1 is 1.06 bits per heavy atom. The van der Waals surface area contributed by atoms with E-state index in [1.54, 1.807) is 0 Å². The highest BCUT2D eigenvalue weighted by Gasteiger charge is 2.32. The molecular formula is C13H25NO2. The Morgan fingerprint density at radius 3 is 2.50 bits per heavy atom. The minimum absolute atomic E-state index is 0.434. The molecule has 1 N–H and O–H groups in total. The quantitative estimate of drug-likeness (QED) is 0.780.